The first-order chi connectivity index (χ1) is 24.0. The van der Waals surface area contributed by atoms with Crippen LogP contribution in [-0.4, -0.2) is 4.98 Å². The monoisotopic (exact) mass is 651 g/mol. The number of aromatic nitrogens is 1. The Labute approximate surface area is 293 Å². The Morgan fingerprint density at radius 3 is 2.51 bits per heavy atom. The minimum atomic E-state index is 0.134. The third-order valence-corrected chi connectivity index (χ3v) is 8.79. The molecular weight excluding hydrogens is 599 g/mol. The second-order valence-electron chi connectivity index (χ2n) is 11.9. The molecule has 2 heterocycles. The molecule has 49 heavy (non-hydrogen) atoms. The summed E-state index contributed by atoms with van der Waals surface area (Å²) in [4.78, 5) is 3.16. The highest BCUT2D eigenvalue weighted by Crippen LogP contribution is 2.36. The van der Waals surface area contributed by atoms with Crippen molar-refractivity contribution in [3.8, 4) is 0 Å². The zero-order chi connectivity index (χ0) is 35.0. The summed E-state index contributed by atoms with van der Waals surface area (Å²) in [5.74, 6) is 0.437. The first-order valence-corrected chi connectivity index (χ1v) is 17.5. The molecule has 0 spiro atoms. The SMILES string of the molecule is C=C(/C=C\C(CC)CCCC(=C\N)/C(/C=C\C)=C/N)c1ccc2cc(C3=CC=CC(c4cc[nH]c4)N3)ccc2c1Nc1ccccc1.CC. The van der Waals surface area contributed by atoms with Crippen LogP contribution in [0.5, 0.6) is 0 Å². The van der Waals surface area contributed by atoms with E-state index in [4.69, 9.17) is 11.5 Å². The van der Waals surface area contributed by atoms with Gasteiger partial charge in [-0.3, -0.25) is 0 Å². The lowest BCUT2D eigenvalue weighted by atomic mass is 9.92. The molecule has 0 saturated carbocycles. The molecule has 2 atom stereocenters. The average Bonchev–Trinajstić information content (AvgIpc) is 3.70. The second kappa shape index (κ2) is 18.8. The summed E-state index contributed by atoms with van der Waals surface area (Å²) < 4.78 is 0. The molecule has 5 nitrogen and oxygen atoms in total. The molecule has 3 aromatic carbocycles. The van der Waals surface area contributed by atoms with Gasteiger partial charge in [-0.05, 0) is 108 Å². The van der Waals surface area contributed by atoms with Crippen molar-refractivity contribution in [1.82, 2.24) is 10.3 Å². The van der Waals surface area contributed by atoms with E-state index in [0.717, 1.165) is 81.4 Å². The van der Waals surface area contributed by atoms with E-state index in [1.165, 1.54) is 5.56 Å². The molecule has 1 aromatic heterocycles. The minimum absolute atomic E-state index is 0.134. The molecule has 0 fully saturated rings. The van der Waals surface area contributed by atoms with E-state index in [2.05, 4.69) is 120 Å². The first kappa shape index (κ1) is 36.4. The fraction of sp³-hybridized carbons (Fsp3) is 0.227. The highest BCUT2D eigenvalue weighted by molar-refractivity contribution is 6.03. The number of aromatic amines is 1. The number of nitrogens with one attached hydrogen (secondary N) is 3. The molecule has 0 radical (unpaired) electrons. The van der Waals surface area contributed by atoms with E-state index in [-0.39, 0.29) is 6.04 Å². The molecule has 254 valence electrons. The van der Waals surface area contributed by atoms with E-state index >= 15 is 0 Å². The van der Waals surface area contributed by atoms with Crippen LogP contribution in [0, 0.1) is 5.92 Å². The lowest BCUT2D eigenvalue weighted by molar-refractivity contribution is 0.545. The summed E-state index contributed by atoms with van der Waals surface area (Å²) in [6.45, 7) is 12.8. The number of benzene rings is 3. The van der Waals surface area contributed by atoms with Crippen molar-refractivity contribution in [3.63, 3.8) is 0 Å². The summed E-state index contributed by atoms with van der Waals surface area (Å²) in [5.41, 5.74) is 21.5. The predicted octanol–water partition coefficient (Wildman–Crippen LogP) is 11.2. The Morgan fingerprint density at radius 1 is 1.00 bits per heavy atom. The molecular formula is C44H53N5. The molecule has 1 aliphatic heterocycles. The largest absolute Gasteiger partial charge is 0.404 e. The molecule has 5 rings (SSSR count). The number of H-pyrrole nitrogens is 1. The third-order valence-electron chi connectivity index (χ3n) is 8.79. The molecule has 5 heteroatoms. The summed E-state index contributed by atoms with van der Waals surface area (Å²) in [6, 6.07) is 23.7. The number of allylic oxidation sites excluding steroid dienone is 9. The normalized spacial score (nSPS) is 15.5. The first-order valence-electron chi connectivity index (χ1n) is 17.5. The van der Waals surface area contributed by atoms with E-state index in [1.807, 2.05) is 51.4 Å². The minimum Gasteiger partial charge on any atom is -0.404 e. The van der Waals surface area contributed by atoms with Crippen molar-refractivity contribution in [2.75, 3.05) is 5.32 Å². The van der Waals surface area contributed by atoms with Gasteiger partial charge in [0.2, 0.25) is 0 Å². The van der Waals surface area contributed by atoms with E-state index in [9.17, 15) is 0 Å². The highest BCUT2D eigenvalue weighted by atomic mass is 14.9. The van der Waals surface area contributed by atoms with Crippen molar-refractivity contribution in [1.29, 1.82) is 0 Å². The number of anilines is 2. The molecule has 0 amide bonds. The number of hydrogen-bond donors (Lipinski definition) is 5. The van der Waals surface area contributed by atoms with Crippen LogP contribution in [0.4, 0.5) is 11.4 Å². The maximum absolute atomic E-state index is 5.94. The van der Waals surface area contributed by atoms with Crippen molar-refractivity contribution >= 4 is 33.4 Å². The van der Waals surface area contributed by atoms with Gasteiger partial charge < -0.3 is 27.1 Å². The van der Waals surface area contributed by atoms with Crippen LogP contribution in [0.3, 0.4) is 0 Å². The van der Waals surface area contributed by atoms with Crippen LogP contribution >= 0.6 is 0 Å². The van der Waals surface area contributed by atoms with Crippen molar-refractivity contribution in [2.24, 2.45) is 17.4 Å². The van der Waals surface area contributed by atoms with Gasteiger partial charge in [-0.2, -0.15) is 0 Å². The number of rotatable bonds is 14. The number of hydrogen-bond acceptors (Lipinski definition) is 4. The molecule has 4 aromatic rings. The van der Waals surface area contributed by atoms with Gasteiger partial charge in [0.15, 0.2) is 0 Å². The van der Waals surface area contributed by atoms with Crippen LogP contribution in [0.15, 0.2) is 152 Å². The summed E-state index contributed by atoms with van der Waals surface area (Å²) in [7, 11) is 0. The Kier molecular flexibility index (Phi) is 14.0. The van der Waals surface area contributed by atoms with Crippen LogP contribution in [-0.2, 0) is 0 Å². The summed E-state index contributed by atoms with van der Waals surface area (Å²) in [5, 5.41) is 9.72. The van der Waals surface area contributed by atoms with Gasteiger partial charge in [0.05, 0.1) is 11.7 Å². The standard InChI is InChI=1S/C42H47N5.C2H6/c1-4-11-34(27-43)35(28-44)13-9-12-31(5-2)19-18-30(3)38-22-20-32-26-33(40-16-10-17-41(47-40)36-24-25-45-29-36)21-23-39(32)42(38)46-37-14-7-6-8-15-37;1-2/h4,6-8,10-11,14-29,31,41,45-47H,3,5,9,12-13,43-44H2,1-2H3;1-2H3/b11-4-,19-18-,34-27+,35-28+;. The average molecular weight is 652 g/mol. The van der Waals surface area contributed by atoms with Gasteiger partial charge in [-0.1, -0.05) is 106 Å². The lowest BCUT2D eigenvalue weighted by Gasteiger charge is -2.22. The van der Waals surface area contributed by atoms with Crippen LogP contribution in [0.25, 0.3) is 22.0 Å². The maximum Gasteiger partial charge on any atom is 0.0715 e. The Hall–Kier alpha value is -5.42. The number of dihydropyridines is 1. The summed E-state index contributed by atoms with van der Waals surface area (Å²) >= 11 is 0. The number of nitrogens with two attached hydrogens (primary N) is 2. The molecule has 0 bridgehead atoms. The van der Waals surface area contributed by atoms with Crippen molar-refractivity contribution < 1.29 is 0 Å². The van der Waals surface area contributed by atoms with Gasteiger partial charge in [-0.25, -0.2) is 0 Å². The van der Waals surface area contributed by atoms with Crippen molar-refractivity contribution in [2.45, 2.75) is 59.4 Å². The molecule has 7 N–H and O–H groups in total. The van der Waals surface area contributed by atoms with Gasteiger partial charge in [0, 0.05) is 40.9 Å². The van der Waals surface area contributed by atoms with Crippen LogP contribution < -0.4 is 22.1 Å². The second-order valence-corrected chi connectivity index (χ2v) is 11.9. The van der Waals surface area contributed by atoms with E-state index in [1.54, 1.807) is 12.4 Å². The Bertz CT molecular complexity index is 1830. The Morgan fingerprint density at radius 2 is 1.82 bits per heavy atom. The smallest absolute Gasteiger partial charge is 0.0715 e. The van der Waals surface area contributed by atoms with Gasteiger partial charge in [-0.15, -0.1) is 0 Å². The third kappa shape index (κ3) is 9.57. The molecule has 2 unspecified atom stereocenters. The fourth-order valence-corrected chi connectivity index (χ4v) is 6.10. The van der Waals surface area contributed by atoms with Crippen LogP contribution in [0.2, 0.25) is 0 Å². The number of fused-ring (bicyclic) bond motifs is 1. The molecule has 0 saturated heterocycles. The topological polar surface area (TPSA) is 91.9 Å². The number of para-hydroxylation sites is 1. The fourth-order valence-electron chi connectivity index (χ4n) is 6.10. The van der Waals surface area contributed by atoms with E-state index < -0.39 is 0 Å². The van der Waals surface area contributed by atoms with Crippen LogP contribution in [0.1, 0.15) is 76.1 Å². The Balaban J connectivity index is 0.00000265. The van der Waals surface area contributed by atoms with E-state index in [0.29, 0.717) is 5.92 Å². The van der Waals surface area contributed by atoms with Gasteiger partial charge in [0.25, 0.3) is 0 Å². The summed E-state index contributed by atoms with van der Waals surface area (Å²) in [6.07, 6.45) is 26.3. The lowest BCUT2D eigenvalue weighted by Crippen LogP contribution is -2.19. The molecule has 1 aliphatic rings. The zero-order valence-corrected chi connectivity index (χ0v) is 29.5. The van der Waals surface area contributed by atoms with Gasteiger partial charge >= 0.3 is 0 Å². The predicted molar refractivity (Wildman–Crippen MR) is 214 cm³/mol. The highest BCUT2D eigenvalue weighted by Gasteiger charge is 2.16. The maximum atomic E-state index is 5.94. The zero-order valence-electron chi connectivity index (χ0n) is 29.5. The van der Waals surface area contributed by atoms with Crippen molar-refractivity contribution in [3.05, 3.63) is 168 Å². The quantitative estimate of drug-likeness (QED) is 0.0877. The van der Waals surface area contributed by atoms with Gasteiger partial charge in [0.1, 0.15) is 0 Å². The molecule has 0 aliphatic carbocycles.